The molecule has 6 heteroatoms. The van der Waals surface area contributed by atoms with Crippen molar-refractivity contribution in [3.8, 4) is 18.2 Å². The second-order valence-corrected chi connectivity index (χ2v) is 3.70. The molecule has 0 radical (unpaired) electrons. The van der Waals surface area contributed by atoms with Crippen molar-refractivity contribution in [2.24, 2.45) is 0 Å². The highest BCUT2D eigenvalue weighted by Crippen LogP contribution is 2.24. The Morgan fingerprint density at radius 2 is 1.94 bits per heavy atom. The fourth-order valence-corrected chi connectivity index (χ4v) is 1.34. The number of nitrogens with one attached hydrogen (secondary N) is 1. The minimum Gasteiger partial charge on any atom is -0.359 e. The molecule has 4 nitrogen and oxygen atoms in total. The molecule has 0 fully saturated rings. The molecule has 1 N–H and O–H groups in total. The Balaban J connectivity index is 3.14. The number of benzene rings is 1. The maximum Gasteiger partial charge on any atom is 0.145 e. The van der Waals surface area contributed by atoms with Crippen LogP contribution in [0.3, 0.4) is 0 Å². The van der Waals surface area contributed by atoms with E-state index in [4.69, 9.17) is 15.8 Å². The normalized spacial score (nSPS) is 8.41. The van der Waals surface area contributed by atoms with Gasteiger partial charge in [-0.15, -0.1) is 0 Å². The molecule has 0 saturated carbocycles. The number of hydrogen-bond donors (Lipinski definition) is 1. The van der Waals surface area contributed by atoms with Gasteiger partial charge in [-0.25, -0.2) is 4.39 Å². The summed E-state index contributed by atoms with van der Waals surface area (Å²) < 4.78 is 13.3. The largest absolute Gasteiger partial charge is 0.359 e. The van der Waals surface area contributed by atoms with Crippen LogP contribution in [0.15, 0.2) is 28.4 Å². The molecule has 1 aromatic rings. The predicted octanol–water partition coefficient (Wildman–Crippen LogP) is 2.80. The highest BCUT2D eigenvalue weighted by Gasteiger charge is 2.07. The van der Waals surface area contributed by atoms with Crippen LogP contribution in [0.25, 0.3) is 0 Å². The van der Waals surface area contributed by atoms with Crippen molar-refractivity contribution in [2.45, 2.75) is 0 Å². The van der Waals surface area contributed by atoms with Crippen LogP contribution in [0, 0.1) is 39.8 Å². The van der Waals surface area contributed by atoms with Gasteiger partial charge in [-0.3, -0.25) is 0 Å². The number of halogens is 2. The van der Waals surface area contributed by atoms with Crippen molar-refractivity contribution in [2.75, 3.05) is 5.32 Å². The van der Waals surface area contributed by atoms with Crippen molar-refractivity contribution in [1.29, 1.82) is 15.8 Å². The lowest BCUT2D eigenvalue weighted by molar-refractivity contribution is 0.621. The molecular formula is C11H4BrFN4. The van der Waals surface area contributed by atoms with Gasteiger partial charge in [-0.2, -0.15) is 15.8 Å². The maximum atomic E-state index is 13.1. The summed E-state index contributed by atoms with van der Waals surface area (Å²) in [5.74, 6) is -0.558. The molecule has 17 heavy (non-hydrogen) atoms. The third kappa shape index (κ3) is 3.04. The van der Waals surface area contributed by atoms with Crippen LogP contribution in [0.4, 0.5) is 10.1 Å². The van der Waals surface area contributed by atoms with E-state index in [1.165, 1.54) is 6.07 Å². The zero-order valence-electron chi connectivity index (χ0n) is 8.33. The first-order chi connectivity index (χ1) is 8.12. The SMILES string of the molecule is N#CC(C#N)=CNc1cc(Br)c(F)cc1C#N. The van der Waals surface area contributed by atoms with Gasteiger partial charge in [0.25, 0.3) is 0 Å². The van der Waals surface area contributed by atoms with E-state index in [1.807, 2.05) is 0 Å². The number of nitrogens with zero attached hydrogens (tertiary/aromatic N) is 3. The maximum absolute atomic E-state index is 13.1. The van der Waals surface area contributed by atoms with E-state index in [2.05, 4.69) is 21.2 Å². The second-order valence-electron chi connectivity index (χ2n) is 2.85. The molecule has 0 spiro atoms. The van der Waals surface area contributed by atoms with Crippen LogP contribution < -0.4 is 5.32 Å². The highest BCUT2D eigenvalue weighted by molar-refractivity contribution is 9.10. The molecule has 0 aliphatic carbocycles. The minimum absolute atomic E-state index is 0.0807. The van der Waals surface area contributed by atoms with E-state index in [9.17, 15) is 4.39 Å². The lowest BCUT2D eigenvalue weighted by Gasteiger charge is -2.04. The van der Waals surface area contributed by atoms with Crippen molar-refractivity contribution in [1.82, 2.24) is 0 Å². The quantitative estimate of drug-likeness (QED) is 0.849. The minimum atomic E-state index is -0.558. The molecule has 1 aromatic carbocycles. The molecule has 0 saturated heterocycles. The first kappa shape index (κ1) is 12.7. The Hall–Kier alpha value is -2.36. The fraction of sp³-hybridized carbons (Fsp3) is 0. The third-order valence-electron chi connectivity index (χ3n) is 1.79. The zero-order valence-corrected chi connectivity index (χ0v) is 9.92. The van der Waals surface area contributed by atoms with Gasteiger partial charge in [0.2, 0.25) is 0 Å². The van der Waals surface area contributed by atoms with E-state index in [-0.39, 0.29) is 15.6 Å². The molecule has 0 aliphatic heterocycles. The summed E-state index contributed by atoms with van der Waals surface area (Å²) in [4.78, 5) is 0. The number of allylic oxidation sites excluding steroid dienone is 1. The van der Waals surface area contributed by atoms with Crippen LogP contribution in [0.1, 0.15) is 5.56 Å². The van der Waals surface area contributed by atoms with Crippen LogP contribution in [-0.2, 0) is 0 Å². The van der Waals surface area contributed by atoms with Gasteiger partial charge in [-0.1, -0.05) is 0 Å². The standard InChI is InChI=1S/C11H4BrFN4/c12-9-2-11(8(5-16)1-10(9)13)17-6-7(3-14)4-15/h1-2,6,17H. The van der Waals surface area contributed by atoms with Gasteiger partial charge >= 0.3 is 0 Å². The van der Waals surface area contributed by atoms with Gasteiger partial charge in [0.05, 0.1) is 15.7 Å². The topological polar surface area (TPSA) is 83.4 Å². The Kier molecular flexibility index (Phi) is 4.22. The lowest BCUT2D eigenvalue weighted by atomic mass is 10.2. The second kappa shape index (κ2) is 5.65. The van der Waals surface area contributed by atoms with Crippen LogP contribution in [-0.4, -0.2) is 0 Å². The molecular weight excluding hydrogens is 287 g/mol. The molecule has 0 atom stereocenters. The highest BCUT2D eigenvalue weighted by atomic mass is 79.9. The Morgan fingerprint density at radius 1 is 1.29 bits per heavy atom. The van der Waals surface area contributed by atoms with Gasteiger partial charge in [0, 0.05) is 6.20 Å². The summed E-state index contributed by atoms with van der Waals surface area (Å²) in [5, 5.41) is 28.4. The van der Waals surface area contributed by atoms with Gasteiger partial charge < -0.3 is 5.32 Å². The summed E-state index contributed by atoms with van der Waals surface area (Å²) >= 11 is 2.98. The van der Waals surface area contributed by atoms with Crippen molar-refractivity contribution in [3.63, 3.8) is 0 Å². The average molecular weight is 291 g/mol. The van der Waals surface area contributed by atoms with Crippen molar-refractivity contribution in [3.05, 3.63) is 39.8 Å². The average Bonchev–Trinajstić information content (AvgIpc) is 2.34. The van der Waals surface area contributed by atoms with E-state index in [0.717, 1.165) is 12.3 Å². The predicted molar refractivity (Wildman–Crippen MR) is 61.7 cm³/mol. The van der Waals surface area contributed by atoms with E-state index in [1.54, 1.807) is 18.2 Å². The first-order valence-corrected chi connectivity index (χ1v) is 5.07. The van der Waals surface area contributed by atoms with E-state index in [0.29, 0.717) is 5.69 Å². The fourth-order valence-electron chi connectivity index (χ4n) is 0.998. The number of hydrogen-bond acceptors (Lipinski definition) is 4. The number of anilines is 1. The monoisotopic (exact) mass is 290 g/mol. The summed E-state index contributed by atoms with van der Waals surface area (Å²) in [6, 6.07) is 7.53. The van der Waals surface area contributed by atoms with Gasteiger partial charge in [0.1, 0.15) is 29.6 Å². The lowest BCUT2D eigenvalue weighted by Crippen LogP contribution is -1.95. The Labute approximate surface area is 105 Å². The van der Waals surface area contributed by atoms with Crippen LogP contribution >= 0.6 is 15.9 Å². The molecule has 82 valence electrons. The Bertz CT molecular complexity index is 586. The van der Waals surface area contributed by atoms with Crippen LogP contribution in [0.2, 0.25) is 0 Å². The zero-order chi connectivity index (χ0) is 12.8. The van der Waals surface area contributed by atoms with Crippen LogP contribution in [0.5, 0.6) is 0 Å². The Morgan fingerprint density at radius 3 is 2.47 bits per heavy atom. The van der Waals surface area contributed by atoms with Crippen molar-refractivity contribution < 1.29 is 4.39 Å². The van der Waals surface area contributed by atoms with E-state index < -0.39 is 5.82 Å². The molecule has 0 heterocycles. The van der Waals surface area contributed by atoms with Gasteiger partial charge in [0.15, 0.2) is 0 Å². The molecule has 0 aromatic heterocycles. The molecule has 0 unspecified atom stereocenters. The van der Waals surface area contributed by atoms with Crippen molar-refractivity contribution >= 4 is 21.6 Å². The van der Waals surface area contributed by atoms with E-state index >= 15 is 0 Å². The molecule has 0 aliphatic rings. The third-order valence-corrected chi connectivity index (χ3v) is 2.40. The number of rotatable bonds is 2. The molecule has 0 bridgehead atoms. The summed E-state index contributed by atoms with van der Waals surface area (Å²) in [6.45, 7) is 0. The van der Waals surface area contributed by atoms with Gasteiger partial charge in [-0.05, 0) is 28.1 Å². The number of nitriles is 3. The molecule has 1 rings (SSSR count). The summed E-state index contributed by atoms with van der Waals surface area (Å²) in [5.41, 5.74) is 0.246. The summed E-state index contributed by atoms with van der Waals surface area (Å²) in [7, 11) is 0. The first-order valence-electron chi connectivity index (χ1n) is 4.28. The smallest absolute Gasteiger partial charge is 0.145 e. The summed E-state index contributed by atoms with van der Waals surface area (Å²) in [6.07, 6.45) is 1.15. The molecule has 0 amide bonds.